The van der Waals surface area contributed by atoms with E-state index in [0.29, 0.717) is 33.2 Å². The van der Waals surface area contributed by atoms with Crippen molar-refractivity contribution in [2.75, 3.05) is 11.5 Å². The lowest BCUT2D eigenvalue weighted by Crippen LogP contribution is -2.40. The summed E-state index contributed by atoms with van der Waals surface area (Å²) in [6.45, 7) is 3.53. The van der Waals surface area contributed by atoms with Gasteiger partial charge >= 0.3 is 0 Å². The first-order valence-corrected chi connectivity index (χ1v) is 13.2. The van der Waals surface area contributed by atoms with Crippen molar-refractivity contribution in [1.82, 2.24) is 14.9 Å². The lowest BCUT2D eigenvalue weighted by molar-refractivity contribution is -0.120. The topological polar surface area (TPSA) is 98.1 Å². The second kappa shape index (κ2) is 8.88. The van der Waals surface area contributed by atoms with Crippen molar-refractivity contribution in [1.29, 1.82) is 0 Å². The van der Waals surface area contributed by atoms with Crippen LogP contribution in [0.15, 0.2) is 52.4 Å². The Hall–Kier alpha value is -2.36. The minimum absolute atomic E-state index is 0.0449. The molecule has 0 radical (unpaired) electrons. The molecule has 32 heavy (non-hydrogen) atoms. The van der Waals surface area contributed by atoms with Crippen LogP contribution in [0.3, 0.4) is 0 Å². The number of fused-ring (bicyclic) bond motifs is 1. The number of carbonyl (C=O) groups excluding carboxylic acids is 1. The summed E-state index contributed by atoms with van der Waals surface area (Å²) in [5.41, 5.74) is 1.60. The van der Waals surface area contributed by atoms with E-state index >= 15 is 0 Å². The normalized spacial score (nSPS) is 18.5. The molecule has 2 atom stereocenters. The standard InChI is InChI=1S/C22H22ClN3O4S2/c1-13-17(23)7-5-9-19(13)26-21(28)16-6-3-4-8-18(16)25-22(26)31-14(2)20(27)24-15-10-11-32(29,30)12-15/h3-9,14-15H,10-12H2,1-2H3,(H,24,27). The molecule has 0 bridgehead atoms. The van der Waals surface area contributed by atoms with E-state index in [1.54, 1.807) is 49.4 Å². The Morgan fingerprint density at radius 1 is 1.25 bits per heavy atom. The summed E-state index contributed by atoms with van der Waals surface area (Å²) in [5.74, 6) is -0.260. The molecule has 1 aliphatic heterocycles. The number of sulfone groups is 1. The number of rotatable bonds is 5. The second-order valence-electron chi connectivity index (χ2n) is 7.80. The Labute approximate surface area is 195 Å². The molecule has 1 aromatic heterocycles. The van der Waals surface area contributed by atoms with Gasteiger partial charge in [-0.3, -0.25) is 14.2 Å². The zero-order valence-electron chi connectivity index (χ0n) is 17.5. The Morgan fingerprint density at radius 2 is 2.00 bits per heavy atom. The minimum atomic E-state index is -3.10. The SMILES string of the molecule is Cc1c(Cl)cccc1-n1c(SC(C)C(=O)NC2CCS(=O)(=O)C2)nc2ccccc2c1=O. The molecule has 2 aromatic carbocycles. The highest BCUT2D eigenvalue weighted by molar-refractivity contribution is 8.00. The molecule has 1 amide bonds. The monoisotopic (exact) mass is 491 g/mol. The van der Waals surface area contributed by atoms with E-state index in [4.69, 9.17) is 11.6 Å². The number of hydrogen-bond acceptors (Lipinski definition) is 6. The Bertz CT molecular complexity index is 1370. The van der Waals surface area contributed by atoms with Gasteiger partial charge in [0.1, 0.15) is 0 Å². The first-order valence-electron chi connectivity index (χ1n) is 10.1. The van der Waals surface area contributed by atoms with Crippen LogP contribution in [0, 0.1) is 6.92 Å². The van der Waals surface area contributed by atoms with Crippen LogP contribution in [0.4, 0.5) is 0 Å². The highest BCUT2D eigenvalue weighted by atomic mass is 35.5. The second-order valence-corrected chi connectivity index (χ2v) is 11.7. The summed E-state index contributed by atoms with van der Waals surface area (Å²) in [5, 5.41) is 3.56. The van der Waals surface area contributed by atoms with Crippen molar-refractivity contribution in [2.24, 2.45) is 0 Å². The molecule has 10 heteroatoms. The smallest absolute Gasteiger partial charge is 0.266 e. The first kappa shape index (κ1) is 22.8. The highest BCUT2D eigenvalue weighted by Crippen LogP contribution is 2.29. The van der Waals surface area contributed by atoms with Crippen LogP contribution in [-0.4, -0.2) is 46.7 Å². The molecule has 168 valence electrons. The number of benzene rings is 2. The summed E-state index contributed by atoms with van der Waals surface area (Å²) in [4.78, 5) is 30.9. The predicted molar refractivity (Wildman–Crippen MR) is 128 cm³/mol. The fraction of sp³-hybridized carbons (Fsp3) is 0.318. The third-order valence-electron chi connectivity index (χ3n) is 5.46. The Kier molecular flexibility index (Phi) is 6.33. The highest BCUT2D eigenvalue weighted by Gasteiger charge is 2.30. The number of carbonyl (C=O) groups is 1. The van der Waals surface area contributed by atoms with E-state index < -0.39 is 21.1 Å². The predicted octanol–water partition coefficient (Wildman–Crippen LogP) is 3.13. The largest absolute Gasteiger partial charge is 0.351 e. The maximum Gasteiger partial charge on any atom is 0.266 e. The van der Waals surface area contributed by atoms with Gasteiger partial charge in [0, 0.05) is 11.1 Å². The number of hydrogen-bond donors (Lipinski definition) is 1. The van der Waals surface area contributed by atoms with Gasteiger partial charge in [0.15, 0.2) is 15.0 Å². The van der Waals surface area contributed by atoms with Gasteiger partial charge < -0.3 is 5.32 Å². The summed E-state index contributed by atoms with van der Waals surface area (Å²) in [7, 11) is -3.10. The average molecular weight is 492 g/mol. The van der Waals surface area contributed by atoms with Gasteiger partial charge in [0.05, 0.1) is 33.3 Å². The summed E-state index contributed by atoms with van der Waals surface area (Å²) in [6.07, 6.45) is 0.409. The zero-order valence-corrected chi connectivity index (χ0v) is 19.9. The van der Waals surface area contributed by atoms with Crippen LogP contribution in [0.2, 0.25) is 5.02 Å². The van der Waals surface area contributed by atoms with Gasteiger partial charge in [-0.25, -0.2) is 13.4 Å². The summed E-state index contributed by atoms with van der Waals surface area (Å²) < 4.78 is 24.9. The molecule has 1 N–H and O–H groups in total. The molecule has 7 nitrogen and oxygen atoms in total. The molecular weight excluding hydrogens is 470 g/mol. The number of nitrogens with one attached hydrogen (secondary N) is 1. The van der Waals surface area contributed by atoms with Gasteiger partial charge in [-0.1, -0.05) is 41.6 Å². The molecular formula is C22H22ClN3O4S2. The molecule has 1 fully saturated rings. The Morgan fingerprint density at radius 3 is 2.72 bits per heavy atom. The first-order chi connectivity index (χ1) is 15.2. The average Bonchev–Trinajstić information content (AvgIpc) is 3.09. The molecule has 2 heterocycles. The van der Waals surface area contributed by atoms with E-state index in [1.807, 2.05) is 6.92 Å². The lowest BCUT2D eigenvalue weighted by atomic mass is 10.2. The fourth-order valence-corrected chi connectivity index (χ4v) is 6.45. The number of aromatic nitrogens is 2. The van der Waals surface area contributed by atoms with Crippen molar-refractivity contribution >= 4 is 50.0 Å². The zero-order chi connectivity index (χ0) is 23.0. The van der Waals surface area contributed by atoms with Gasteiger partial charge in [-0.15, -0.1) is 0 Å². The maximum absolute atomic E-state index is 13.4. The molecule has 0 aliphatic carbocycles. The van der Waals surface area contributed by atoms with E-state index in [9.17, 15) is 18.0 Å². The third-order valence-corrected chi connectivity index (χ3v) is 8.68. The van der Waals surface area contributed by atoms with Gasteiger partial charge in [-0.05, 0) is 50.1 Å². The number of halogens is 1. The molecule has 0 spiro atoms. The van der Waals surface area contributed by atoms with Gasteiger partial charge in [-0.2, -0.15) is 0 Å². The molecule has 4 rings (SSSR count). The van der Waals surface area contributed by atoms with Crippen molar-refractivity contribution in [3.05, 3.63) is 63.4 Å². The Balaban J connectivity index is 1.72. The minimum Gasteiger partial charge on any atom is -0.351 e. The molecule has 1 saturated heterocycles. The van der Waals surface area contributed by atoms with Crippen LogP contribution in [-0.2, 0) is 14.6 Å². The van der Waals surface area contributed by atoms with E-state index in [-0.39, 0.29) is 23.0 Å². The van der Waals surface area contributed by atoms with Crippen LogP contribution in [0.5, 0.6) is 0 Å². The van der Waals surface area contributed by atoms with E-state index in [2.05, 4.69) is 10.3 Å². The van der Waals surface area contributed by atoms with Crippen molar-refractivity contribution in [3.63, 3.8) is 0 Å². The number of nitrogens with zero attached hydrogens (tertiary/aromatic N) is 2. The number of thioether (sulfide) groups is 1. The van der Waals surface area contributed by atoms with E-state index in [1.165, 1.54) is 4.57 Å². The lowest BCUT2D eigenvalue weighted by Gasteiger charge is -2.19. The molecule has 0 saturated carbocycles. The van der Waals surface area contributed by atoms with Gasteiger partial charge in [0.25, 0.3) is 5.56 Å². The third kappa shape index (κ3) is 4.55. The van der Waals surface area contributed by atoms with Crippen LogP contribution in [0.1, 0.15) is 18.9 Å². The summed E-state index contributed by atoms with van der Waals surface area (Å²) >= 11 is 7.45. The van der Waals surface area contributed by atoms with Crippen molar-refractivity contribution in [2.45, 2.75) is 36.7 Å². The maximum atomic E-state index is 13.4. The molecule has 1 aliphatic rings. The number of amides is 1. The van der Waals surface area contributed by atoms with Crippen molar-refractivity contribution in [3.8, 4) is 5.69 Å². The fourth-order valence-electron chi connectivity index (χ4n) is 3.68. The van der Waals surface area contributed by atoms with Crippen molar-refractivity contribution < 1.29 is 13.2 Å². The quantitative estimate of drug-likeness (QED) is 0.435. The number of para-hydroxylation sites is 1. The van der Waals surface area contributed by atoms with Gasteiger partial charge in [0.2, 0.25) is 5.91 Å². The van der Waals surface area contributed by atoms with E-state index in [0.717, 1.165) is 17.3 Å². The summed E-state index contributed by atoms with van der Waals surface area (Å²) in [6, 6.07) is 12.0. The van der Waals surface area contributed by atoms with Crippen LogP contribution in [0.25, 0.3) is 16.6 Å². The van der Waals surface area contributed by atoms with Crippen LogP contribution < -0.4 is 10.9 Å². The van der Waals surface area contributed by atoms with Crippen LogP contribution >= 0.6 is 23.4 Å². The molecule has 2 unspecified atom stereocenters. The molecule has 3 aromatic rings.